The molecule has 14 heteroatoms. The first-order chi connectivity index (χ1) is 24.4. The monoisotopic (exact) mass is 746 g/mol. The van der Waals surface area contributed by atoms with Gasteiger partial charge in [-0.05, 0) is 74.0 Å². The summed E-state index contributed by atoms with van der Waals surface area (Å²) >= 11 is 0. The first-order valence-electron chi connectivity index (χ1n) is 19.6. The highest BCUT2D eigenvalue weighted by Crippen LogP contribution is 2.70. The van der Waals surface area contributed by atoms with Crippen LogP contribution in [0.2, 0.25) is 0 Å². The van der Waals surface area contributed by atoms with Gasteiger partial charge < -0.3 is 69.6 Å². The summed E-state index contributed by atoms with van der Waals surface area (Å²) < 4.78 is 29.5. The van der Waals surface area contributed by atoms with E-state index in [9.17, 15) is 46.0 Å². The molecule has 6 rings (SSSR count). The lowest BCUT2D eigenvalue weighted by Crippen LogP contribution is -2.75. The molecule has 9 N–H and O–H groups in total. The van der Waals surface area contributed by atoms with E-state index in [1.807, 2.05) is 20.8 Å². The van der Waals surface area contributed by atoms with Crippen LogP contribution in [0.25, 0.3) is 0 Å². The highest BCUT2D eigenvalue weighted by molar-refractivity contribution is 5.24. The van der Waals surface area contributed by atoms with Crippen LogP contribution in [0, 0.1) is 40.4 Å². The van der Waals surface area contributed by atoms with Gasteiger partial charge in [0.05, 0.1) is 48.8 Å². The van der Waals surface area contributed by atoms with Crippen LogP contribution in [0.1, 0.15) is 92.4 Å². The lowest BCUT2D eigenvalue weighted by Gasteiger charge is -2.68. The first-order valence-corrected chi connectivity index (χ1v) is 19.6. The maximum atomic E-state index is 12.6. The molecule has 0 aromatic carbocycles. The molecule has 52 heavy (non-hydrogen) atoms. The van der Waals surface area contributed by atoms with Gasteiger partial charge in [-0.15, -0.1) is 0 Å². The number of hydrogen-bond donors (Lipinski definition) is 9. The normalized spacial score (nSPS) is 53.3. The smallest absolute Gasteiger partial charge is 0.187 e. The van der Waals surface area contributed by atoms with Gasteiger partial charge in [0, 0.05) is 31.3 Å². The fraction of sp³-hybridized carbons (Fsp3) is 1.00. The Bertz CT molecular complexity index is 1230. The van der Waals surface area contributed by atoms with Crippen molar-refractivity contribution in [2.45, 2.75) is 177 Å². The molecule has 0 radical (unpaired) electrons. The van der Waals surface area contributed by atoms with E-state index in [0.29, 0.717) is 32.1 Å². The maximum Gasteiger partial charge on any atom is 0.187 e. The zero-order valence-corrected chi connectivity index (χ0v) is 31.7. The van der Waals surface area contributed by atoms with Gasteiger partial charge in [-0.3, -0.25) is 0 Å². The van der Waals surface area contributed by atoms with Gasteiger partial charge in [0.25, 0.3) is 0 Å². The van der Waals surface area contributed by atoms with E-state index in [4.69, 9.17) is 23.7 Å². The van der Waals surface area contributed by atoms with Crippen molar-refractivity contribution in [1.82, 2.24) is 0 Å². The molecule has 6 aliphatic rings. The fourth-order valence-corrected chi connectivity index (χ4v) is 12.1. The molecule has 2 saturated heterocycles. The molecular weight excluding hydrogens is 680 g/mol. The molecule has 0 aromatic rings. The fourth-order valence-electron chi connectivity index (χ4n) is 12.1. The average molecular weight is 747 g/mol. The molecular formula is C38H66O14. The van der Waals surface area contributed by atoms with Crippen LogP contribution < -0.4 is 0 Å². The Hall–Kier alpha value is -0.560. The zero-order valence-electron chi connectivity index (χ0n) is 31.7. The van der Waals surface area contributed by atoms with Gasteiger partial charge >= 0.3 is 0 Å². The molecule has 0 amide bonds. The zero-order chi connectivity index (χ0) is 38.1. The minimum absolute atomic E-state index is 0.0299. The van der Waals surface area contributed by atoms with Gasteiger partial charge in [-0.2, -0.15) is 0 Å². The molecule has 4 aliphatic carbocycles. The van der Waals surface area contributed by atoms with E-state index in [1.54, 1.807) is 0 Å². The standard InChI is InChI=1S/C38H66O14/c1-18(2)24(50-34-31(29(45)25(16-39)51-34)52-33-30(48-6)28(44)23(42)17-49-33)8-7-19(3)21-13-22(41)32-35(21,4)11-10-26-36(5)12-9-20(40)14-38(36,47)27(43)15-37(26,32)46/h18-34,39-47H,7-17H2,1-6H3/t19-,20+,21-,22+,23?,24+,25?,26?,27+,28?,29?,30?,31?,32?,33?,34?,35-,36-,37+,38+/m1/s1. The Morgan fingerprint density at radius 1 is 0.846 bits per heavy atom. The lowest BCUT2D eigenvalue weighted by atomic mass is 9.40. The van der Waals surface area contributed by atoms with Crippen molar-refractivity contribution in [1.29, 1.82) is 0 Å². The predicted octanol–water partition coefficient (Wildman–Crippen LogP) is 0.192. The molecule has 20 atom stereocenters. The van der Waals surface area contributed by atoms with Gasteiger partial charge in [0.2, 0.25) is 0 Å². The number of hydrogen-bond acceptors (Lipinski definition) is 14. The summed E-state index contributed by atoms with van der Waals surface area (Å²) in [7, 11) is 1.35. The van der Waals surface area contributed by atoms with Crippen LogP contribution >= 0.6 is 0 Å². The van der Waals surface area contributed by atoms with E-state index in [-0.39, 0.29) is 49.2 Å². The summed E-state index contributed by atoms with van der Waals surface area (Å²) in [6.07, 6.45) is -7.77. The highest BCUT2D eigenvalue weighted by atomic mass is 16.8. The second-order valence-corrected chi connectivity index (χ2v) is 18.2. The second kappa shape index (κ2) is 15.1. The summed E-state index contributed by atoms with van der Waals surface area (Å²) in [5.74, 6) is -0.584. The highest BCUT2D eigenvalue weighted by Gasteiger charge is 2.74. The van der Waals surface area contributed by atoms with Crippen molar-refractivity contribution >= 4 is 0 Å². The van der Waals surface area contributed by atoms with Gasteiger partial charge in [0.15, 0.2) is 12.6 Å². The van der Waals surface area contributed by atoms with Crippen molar-refractivity contribution < 1.29 is 69.6 Å². The quantitative estimate of drug-likeness (QED) is 0.138. The predicted molar refractivity (Wildman–Crippen MR) is 184 cm³/mol. The van der Waals surface area contributed by atoms with Crippen LogP contribution in [0.5, 0.6) is 0 Å². The van der Waals surface area contributed by atoms with Crippen molar-refractivity contribution in [3.8, 4) is 0 Å². The number of fused-ring (bicyclic) bond motifs is 5. The second-order valence-electron chi connectivity index (χ2n) is 18.2. The number of aliphatic hydroxyl groups excluding tert-OH is 7. The Kier molecular flexibility index (Phi) is 11.9. The first kappa shape index (κ1) is 41.1. The van der Waals surface area contributed by atoms with Crippen LogP contribution in [-0.2, 0) is 23.7 Å². The van der Waals surface area contributed by atoms with Gasteiger partial charge in [-0.1, -0.05) is 34.6 Å². The van der Waals surface area contributed by atoms with Crippen molar-refractivity contribution in [3.05, 3.63) is 0 Å². The third kappa shape index (κ3) is 6.61. The molecule has 6 fully saturated rings. The summed E-state index contributed by atoms with van der Waals surface area (Å²) in [6.45, 7) is 9.67. The average Bonchev–Trinajstić information content (AvgIpc) is 3.53. The molecule has 0 spiro atoms. The van der Waals surface area contributed by atoms with E-state index in [2.05, 4.69) is 13.8 Å². The molecule has 10 unspecified atom stereocenters. The largest absolute Gasteiger partial charge is 0.394 e. The lowest BCUT2D eigenvalue weighted by molar-refractivity contribution is -0.315. The van der Waals surface area contributed by atoms with Gasteiger partial charge in [-0.25, -0.2) is 0 Å². The SMILES string of the molecule is COC1C(OC2C(O[C@@H](CC[C@@H](C)[C@H]3C[C@H](O)C4[C@]5(O)C[C@H](O)[C@@]6(O)C[C@@H](O)CC[C@]6(C)C5CC[C@@]43C)C(C)C)OC(CO)C2O)OCC(O)C1O. The number of aliphatic hydroxyl groups is 9. The molecule has 2 heterocycles. The van der Waals surface area contributed by atoms with Crippen LogP contribution in [0.3, 0.4) is 0 Å². The van der Waals surface area contributed by atoms with Crippen LogP contribution in [0.4, 0.5) is 0 Å². The molecule has 14 nitrogen and oxygen atoms in total. The number of ether oxygens (including phenoxy) is 5. The van der Waals surface area contributed by atoms with Crippen molar-refractivity contribution in [2.75, 3.05) is 20.3 Å². The topological polar surface area (TPSA) is 228 Å². The van der Waals surface area contributed by atoms with Crippen molar-refractivity contribution in [3.63, 3.8) is 0 Å². The Labute approximate surface area is 307 Å². The summed E-state index contributed by atoms with van der Waals surface area (Å²) in [4.78, 5) is 0. The number of rotatable bonds is 11. The minimum Gasteiger partial charge on any atom is -0.394 e. The summed E-state index contributed by atoms with van der Waals surface area (Å²) in [5.41, 5.74) is -4.09. The van der Waals surface area contributed by atoms with Gasteiger partial charge in [0.1, 0.15) is 36.6 Å². The van der Waals surface area contributed by atoms with Crippen molar-refractivity contribution in [2.24, 2.45) is 40.4 Å². The molecule has 2 aliphatic heterocycles. The summed E-state index contributed by atoms with van der Waals surface area (Å²) in [5, 5.41) is 99.6. The number of methoxy groups -OCH3 is 1. The minimum atomic E-state index is -1.50. The molecule has 0 bridgehead atoms. The third-order valence-electron chi connectivity index (χ3n) is 15.0. The van der Waals surface area contributed by atoms with Crippen LogP contribution in [0.15, 0.2) is 0 Å². The Morgan fingerprint density at radius 3 is 2.21 bits per heavy atom. The third-order valence-corrected chi connectivity index (χ3v) is 15.0. The molecule has 0 aromatic heterocycles. The Balaban J connectivity index is 1.14. The van der Waals surface area contributed by atoms with E-state index >= 15 is 0 Å². The Morgan fingerprint density at radius 2 is 1.56 bits per heavy atom. The molecule has 4 saturated carbocycles. The van der Waals surface area contributed by atoms with Crippen LogP contribution in [-0.4, -0.2) is 151 Å². The van der Waals surface area contributed by atoms with E-state index in [1.165, 1.54) is 7.11 Å². The maximum absolute atomic E-state index is 12.6. The van der Waals surface area contributed by atoms with E-state index < -0.39 is 102 Å². The summed E-state index contributed by atoms with van der Waals surface area (Å²) in [6, 6.07) is 0. The molecule has 302 valence electrons. The van der Waals surface area contributed by atoms with E-state index in [0.717, 1.165) is 12.8 Å².